The highest BCUT2D eigenvalue weighted by atomic mass is 16.3. The molecule has 0 radical (unpaired) electrons. The van der Waals surface area contributed by atoms with E-state index in [0.29, 0.717) is 0 Å². The average molecular weight is 287 g/mol. The van der Waals surface area contributed by atoms with Gasteiger partial charge in [-0.2, -0.15) is 0 Å². The smallest absolute Gasteiger partial charge is 0.167 e. The zero-order valence-corrected chi connectivity index (χ0v) is 12.5. The van der Waals surface area contributed by atoms with E-state index >= 15 is 0 Å². The number of nitrogens with zero attached hydrogens (tertiary/aromatic N) is 4. The monoisotopic (exact) mass is 287 g/mol. The highest BCUT2D eigenvalue weighted by Gasteiger charge is 2.18. The first-order valence-electron chi connectivity index (χ1n) is 7.32. The minimum Gasteiger partial charge on any atom is -0.393 e. The maximum Gasteiger partial charge on any atom is 0.167 e. The second-order valence-electron chi connectivity index (χ2n) is 5.56. The minimum absolute atomic E-state index is 0.171. The van der Waals surface area contributed by atoms with Crippen LogP contribution >= 0.6 is 0 Å². The third-order valence-electron chi connectivity index (χ3n) is 4.08. The normalized spacial score (nSPS) is 16.2. The summed E-state index contributed by atoms with van der Waals surface area (Å²) < 4.78 is 1.94. The molecule has 0 bridgehead atoms. The molecule has 0 atom stereocenters. The van der Waals surface area contributed by atoms with E-state index in [9.17, 15) is 5.11 Å². The third-order valence-corrected chi connectivity index (χ3v) is 4.08. The SMILES string of the molecule is Cc1ccn(Nc2ccc(N3CCC(O)CC3)nn2)c1C. The summed E-state index contributed by atoms with van der Waals surface area (Å²) in [4.78, 5) is 2.16. The van der Waals surface area contributed by atoms with Gasteiger partial charge in [-0.1, -0.05) is 0 Å². The van der Waals surface area contributed by atoms with Crippen molar-refractivity contribution in [3.05, 3.63) is 35.7 Å². The summed E-state index contributed by atoms with van der Waals surface area (Å²) in [6, 6.07) is 5.96. The molecule has 0 aliphatic carbocycles. The van der Waals surface area contributed by atoms with Crippen LogP contribution in [0.5, 0.6) is 0 Å². The Morgan fingerprint density at radius 2 is 1.90 bits per heavy atom. The van der Waals surface area contributed by atoms with E-state index in [-0.39, 0.29) is 6.10 Å². The quantitative estimate of drug-likeness (QED) is 0.900. The van der Waals surface area contributed by atoms with Crippen LogP contribution in [0.1, 0.15) is 24.1 Å². The van der Waals surface area contributed by atoms with Crippen LogP contribution in [0.3, 0.4) is 0 Å². The van der Waals surface area contributed by atoms with Crippen LogP contribution in [0.4, 0.5) is 11.6 Å². The third kappa shape index (κ3) is 3.00. The van der Waals surface area contributed by atoms with Gasteiger partial charge in [-0.25, -0.2) is 0 Å². The summed E-state index contributed by atoms with van der Waals surface area (Å²) >= 11 is 0. The highest BCUT2D eigenvalue weighted by molar-refractivity contribution is 5.44. The molecule has 6 heteroatoms. The Morgan fingerprint density at radius 1 is 1.14 bits per heavy atom. The lowest BCUT2D eigenvalue weighted by Gasteiger charge is -2.30. The van der Waals surface area contributed by atoms with Gasteiger partial charge in [0, 0.05) is 25.0 Å². The van der Waals surface area contributed by atoms with Crippen LogP contribution < -0.4 is 10.3 Å². The van der Waals surface area contributed by atoms with E-state index in [0.717, 1.165) is 43.3 Å². The number of hydrogen-bond acceptors (Lipinski definition) is 5. The van der Waals surface area contributed by atoms with E-state index in [1.807, 2.05) is 23.0 Å². The predicted octanol–water partition coefficient (Wildman–Crippen LogP) is 1.73. The molecule has 1 aliphatic heterocycles. The van der Waals surface area contributed by atoms with Gasteiger partial charge in [0.15, 0.2) is 11.6 Å². The largest absolute Gasteiger partial charge is 0.393 e. The van der Waals surface area contributed by atoms with Crippen molar-refractivity contribution in [2.45, 2.75) is 32.8 Å². The van der Waals surface area contributed by atoms with Gasteiger partial charge in [0.05, 0.1) is 6.10 Å². The zero-order valence-electron chi connectivity index (χ0n) is 12.5. The van der Waals surface area contributed by atoms with Gasteiger partial charge in [0.25, 0.3) is 0 Å². The first kappa shape index (κ1) is 13.9. The molecule has 0 amide bonds. The molecule has 0 saturated carbocycles. The Kier molecular flexibility index (Phi) is 3.79. The molecule has 2 aromatic rings. The van der Waals surface area contributed by atoms with Crippen molar-refractivity contribution >= 4 is 11.6 Å². The molecule has 2 N–H and O–H groups in total. The lowest BCUT2D eigenvalue weighted by Crippen LogP contribution is -2.36. The Hall–Kier alpha value is -2.08. The number of piperidine rings is 1. The standard InChI is InChI=1S/C15H21N5O/c1-11-5-10-20(12(11)2)18-14-3-4-15(17-16-14)19-8-6-13(21)7-9-19/h3-5,10,13,21H,6-9H2,1-2H3,(H,16,18). The molecule has 0 unspecified atom stereocenters. The number of anilines is 2. The van der Waals surface area contributed by atoms with Gasteiger partial charge >= 0.3 is 0 Å². The molecular formula is C15H21N5O. The van der Waals surface area contributed by atoms with E-state index in [4.69, 9.17) is 0 Å². The van der Waals surface area contributed by atoms with Crippen molar-refractivity contribution in [1.82, 2.24) is 14.9 Å². The van der Waals surface area contributed by atoms with Crippen LogP contribution in [0.25, 0.3) is 0 Å². The van der Waals surface area contributed by atoms with Crippen molar-refractivity contribution in [2.24, 2.45) is 0 Å². The first-order valence-corrected chi connectivity index (χ1v) is 7.32. The van der Waals surface area contributed by atoms with Crippen LogP contribution in [0, 0.1) is 13.8 Å². The van der Waals surface area contributed by atoms with Gasteiger partial charge < -0.3 is 10.0 Å². The number of aromatic nitrogens is 3. The molecule has 0 aromatic carbocycles. The van der Waals surface area contributed by atoms with Crippen molar-refractivity contribution in [3.8, 4) is 0 Å². The molecule has 1 saturated heterocycles. The molecule has 1 fully saturated rings. The van der Waals surface area contributed by atoms with Gasteiger partial charge in [-0.3, -0.25) is 10.1 Å². The molecule has 112 valence electrons. The average Bonchev–Trinajstić information content (AvgIpc) is 2.81. The molecule has 21 heavy (non-hydrogen) atoms. The van der Waals surface area contributed by atoms with Crippen molar-refractivity contribution in [3.63, 3.8) is 0 Å². The second kappa shape index (κ2) is 5.73. The fraction of sp³-hybridized carbons (Fsp3) is 0.467. The first-order chi connectivity index (χ1) is 10.1. The number of rotatable bonds is 3. The summed E-state index contributed by atoms with van der Waals surface area (Å²) in [5.41, 5.74) is 5.61. The number of hydrogen-bond donors (Lipinski definition) is 2. The molecule has 1 aliphatic rings. The maximum atomic E-state index is 9.53. The Labute approximate surface area is 124 Å². The number of nitrogens with one attached hydrogen (secondary N) is 1. The van der Waals surface area contributed by atoms with Crippen molar-refractivity contribution in [2.75, 3.05) is 23.4 Å². The molecule has 2 aromatic heterocycles. The summed E-state index contributed by atoms with van der Waals surface area (Å²) in [6.45, 7) is 5.80. The summed E-state index contributed by atoms with van der Waals surface area (Å²) in [7, 11) is 0. The minimum atomic E-state index is -0.171. The maximum absolute atomic E-state index is 9.53. The molecule has 6 nitrogen and oxygen atoms in total. The number of aliphatic hydroxyl groups excluding tert-OH is 1. The predicted molar refractivity (Wildman–Crippen MR) is 82.4 cm³/mol. The Bertz CT molecular complexity index is 599. The van der Waals surface area contributed by atoms with Crippen LogP contribution in [-0.4, -0.2) is 39.2 Å². The molecular weight excluding hydrogens is 266 g/mol. The van der Waals surface area contributed by atoms with E-state index in [1.54, 1.807) is 0 Å². The highest BCUT2D eigenvalue weighted by Crippen LogP contribution is 2.18. The van der Waals surface area contributed by atoms with Crippen molar-refractivity contribution < 1.29 is 5.11 Å². The topological polar surface area (TPSA) is 66.2 Å². The van der Waals surface area contributed by atoms with E-state index in [1.165, 1.54) is 5.56 Å². The Balaban J connectivity index is 1.68. The lowest BCUT2D eigenvalue weighted by molar-refractivity contribution is 0.145. The van der Waals surface area contributed by atoms with Crippen LogP contribution in [0.2, 0.25) is 0 Å². The van der Waals surface area contributed by atoms with Crippen molar-refractivity contribution in [1.29, 1.82) is 0 Å². The van der Waals surface area contributed by atoms with Gasteiger partial charge in [0.2, 0.25) is 0 Å². The fourth-order valence-electron chi connectivity index (χ4n) is 2.50. The van der Waals surface area contributed by atoms with Gasteiger partial charge in [-0.15, -0.1) is 10.2 Å². The van der Waals surface area contributed by atoms with E-state index in [2.05, 4.69) is 40.4 Å². The van der Waals surface area contributed by atoms with Crippen LogP contribution in [0.15, 0.2) is 24.4 Å². The Morgan fingerprint density at radius 3 is 2.48 bits per heavy atom. The van der Waals surface area contributed by atoms with E-state index < -0.39 is 0 Å². The fourth-order valence-corrected chi connectivity index (χ4v) is 2.50. The van der Waals surface area contributed by atoms with Gasteiger partial charge in [-0.05, 0) is 50.5 Å². The molecule has 3 heterocycles. The zero-order chi connectivity index (χ0) is 14.8. The molecule has 0 spiro atoms. The number of aryl methyl sites for hydroxylation is 1. The van der Waals surface area contributed by atoms with Gasteiger partial charge in [0.1, 0.15) is 0 Å². The summed E-state index contributed by atoms with van der Waals surface area (Å²) in [5.74, 6) is 1.59. The summed E-state index contributed by atoms with van der Waals surface area (Å²) in [5, 5.41) is 18.0. The number of aliphatic hydroxyl groups is 1. The van der Waals surface area contributed by atoms with Crippen LogP contribution in [-0.2, 0) is 0 Å². The second-order valence-corrected chi connectivity index (χ2v) is 5.56. The lowest BCUT2D eigenvalue weighted by atomic mass is 10.1. The summed E-state index contributed by atoms with van der Waals surface area (Å²) in [6.07, 6.45) is 3.40. The molecule has 3 rings (SSSR count).